The summed E-state index contributed by atoms with van der Waals surface area (Å²) in [6, 6.07) is 20.7. The molecule has 1 aliphatic heterocycles. The van der Waals surface area contributed by atoms with Crippen molar-refractivity contribution in [1.29, 1.82) is 0 Å². The highest BCUT2D eigenvalue weighted by atomic mass is 35.5. The van der Waals surface area contributed by atoms with Crippen LogP contribution in [-0.2, 0) is 17.9 Å². The summed E-state index contributed by atoms with van der Waals surface area (Å²) in [4.78, 5) is 14.9. The monoisotopic (exact) mass is 437 g/mol. The van der Waals surface area contributed by atoms with Crippen molar-refractivity contribution in [2.45, 2.75) is 32.9 Å². The average molecular weight is 438 g/mol. The standard InChI is InChI=1S/C23H31N3O.2ClH/c1-23(12-14-24-15-13-23)19-25-22(27)18-26(16-20-8-4-2-5-9-20)17-21-10-6-3-7-11-21;;/h2-11,24H,12-19H2,1H3,(H,25,27);2*1H. The Morgan fingerprint density at radius 2 is 1.41 bits per heavy atom. The van der Waals surface area contributed by atoms with Crippen molar-refractivity contribution in [2.75, 3.05) is 26.2 Å². The minimum absolute atomic E-state index is 0. The van der Waals surface area contributed by atoms with Crippen LogP contribution < -0.4 is 10.6 Å². The zero-order chi connectivity index (χ0) is 19.0. The summed E-state index contributed by atoms with van der Waals surface area (Å²) in [6.45, 7) is 7.08. The van der Waals surface area contributed by atoms with Gasteiger partial charge in [0.15, 0.2) is 0 Å². The van der Waals surface area contributed by atoms with Gasteiger partial charge in [-0.25, -0.2) is 0 Å². The van der Waals surface area contributed by atoms with Gasteiger partial charge >= 0.3 is 0 Å². The van der Waals surface area contributed by atoms with E-state index in [-0.39, 0.29) is 36.1 Å². The summed E-state index contributed by atoms with van der Waals surface area (Å²) < 4.78 is 0. The van der Waals surface area contributed by atoms with Crippen LogP contribution in [0.25, 0.3) is 0 Å². The van der Waals surface area contributed by atoms with Crippen LogP contribution >= 0.6 is 24.8 Å². The molecule has 0 aromatic heterocycles. The van der Waals surface area contributed by atoms with Gasteiger partial charge in [-0.05, 0) is 42.5 Å². The molecule has 1 heterocycles. The van der Waals surface area contributed by atoms with Crippen LogP contribution in [0.5, 0.6) is 0 Å². The Hall–Kier alpha value is -1.59. The zero-order valence-electron chi connectivity index (χ0n) is 17.1. The number of carbonyl (C=O) groups excluding carboxylic acids is 1. The van der Waals surface area contributed by atoms with E-state index in [0.717, 1.165) is 45.6 Å². The van der Waals surface area contributed by atoms with Gasteiger partial charge in [-0.2, -0.15) is 0 Å². The van der Waals surface area contributed by atoms with Crippen LogP contribution in [0.2, 0.25) is 0 Å². The molecular formula is C23H33Cl2N3O. The average Bonchev–Trinajstić information content (AvgIpc) is 2.69. The van der Waals surface area contributed by atoms with E-state index in [1.165, 1.54) is 11.1 Å². The molecule has 0 atom stereocenters. The van der Waals surface area contributed by atoms with Crippen LogP contribution in [0.4, 0.5) is 0 Å². The molecule has 0 unspecified atom stereocenters. The van der Waals surface area contributed by atoms with Crippen molar-refractivity contribution >= 4 is 30.7 Å². The number of piperidine rings is 1. The maximum Gasteiger partial charge on any atom is 0.234 e. The van der Waals surface area contributed by atoms with Gasteiger partial charge < -0.3 is 10.6 Å². The van der Waals surface area contributed by atoms with E-state index in [1.807, 2.05) is 36.4 Å². The van der Waals surface area contributed by atoms with E-state index in [4.69, 9.17) is 0 Å². The molecule has 2 aromatic carbocycles. The number of benzene rings is 2. The fraction of sp³-hybridized carbons (Fsp3) is 0.435. The van der Waals surface area contributed by atoms with Crippen molar-refractivity contribution in [3.8, 4) is 0 Å². The van der Waals surface area contributed by atoms with Crippen molar-refractivity contribution in [1.82, 2.24) is 15.5 Å². The molecule has 0 aliphatic carbocycles. The van der Waals surface area contributed by atoms with Gasteiger partial charge in [-0.15, -0.1) is 24.8 Å². The second-order valence-electron chi connectivity index (χ2n) is 7.95. The topological polar surface area (TPSA) is 44.4 Å². The molecule has 0 bridgehead atoms. The first-order valence-electron chi connectivity index (χ1n) is 9.91. The molecule has 0 saturated carbocycles. The van der Waals surface area contributed by atoms with Crippen molar-refractivity contribution in [2.24, 2.45) is 5.41 Å². The number of amides is 1. The Morgan fingerprint density at radius 3 is 1.90 bits per heavy atom. The fourth-order valence-corrected chi connectivity index (χ4v) is 3.63. The van der Waals surface area contributed by atoms with E-state index in [1.54, 1.807) is 0 Å². The van der Waals surface area contributed by atoms with Crippen LogP contribution in [-0.4, -0.2) is 37.0 Å². The summed E-state index contributed by atoms with van der Waals surface area (Å²) in [6.07, 6.45) is 2.23. The van der Waals surface area contributed by atoms with Gasteiger partial charge in [0.05, 0.1) is 6.54 Å². The lowest BCUT2D eigenvalue weighted by molar-refractivity contribution is -0.123. The highest BCUT2D eigenvalue weighted by Gasteiger charge is 2.27. The first kappa shape index (κ1) is 25.4. The van der Waals surface area contributed by atoms with Gasteiger partial charge in [-0.3, -0.25) is 9.69 Å². The van der Waals surface area contributed by atoms with Gasteiger partial charge in [0.1, 0.15) is 0 Å². The fourth-order valence-electron chi connectivity index (χ4n) is 3.63. The van der Waals surface area contributed by atoms with Crippen molar-refractivity contribution in [3.63, 3.8) is 0 Å². The Morgan fingerprint density at radius 1 is 0.931 bits per heavy atom. The van der Waals surface area contributed by atoms with E-state index in [2.05, 4.69) is 46.7 Å². The lowest BCUT2D eigenvalue weighted by Gasteiger charge is -2.34. The van der Waals surface area contributed by atoms with E-state index in [0.29, 0.717) is 6.54 Å². The van der Waals surface area contributed by atoms with Crippen LogP contribution in [0.15, 0.2) is 60.7 Å². The Bertz CT molecular complexity index is 665. The molecule has 29 heavy (non-hydrogen) atoms. The Kier molecular flexibility index (Phi) is 11.3. The summed E-state index contributed by atoms with van der Waals surface area (Å²) >= 11 is 0. The molecule has 160 valence electrons. The normalized spacial score (nSPS) is 15.1. The van der Waals surface area contributed by atoms with Gasteiger partial charge in [-0.1, -0.05) is 67.6 Å². The number of hydrogen-bond donors (Lipinski definition) is 2. The molecule has 1 aliphatic rings. The third-order valence-corrected chi connectivity index (χ3v) is 5.39. The van der Waals surface area contributed by atoms with E-state index in [9.17, 15) is 4.79 Å². The number of nitrogens with zero attached hydrogens (tertiary/aromatic N) is 1. The Labute approximate surface area is 187 Å². The van der Waals surface area contributed by atoms with E-state index < -0.39 is 0 Å². The number of hydrogen-bond acceptors (Lipinski definition) is 3. The first-order chi connectivity index (χ1) is 13.1. The predicted octanol–water partition coefficient (Wildman–Crippen LogP) is 4.04. The molecule has 1 amide bonds. The molecule has 1 saturated heterocycles. The summed E-state index contributed by atoms with van der Waals surface area (Å²) in [7, 11) is 0. The zero-order valence-corrected chi connectivity index (χ0v) is 18.7. The molecule has 0 spiro atoms. The van der Waals surface area contributed by atoms with Crippen LogP contribution in [0.1, 0.15) is 30.9 Å². The smallest absolute Gasteiger partial charge is 0.234 e. The largest absolute Gasteiger partial charge is 0.354 e. The maximum absolute atomic E-state index is 12.7. The molecule has 3 rings (SSSR count). The number of carbonyl (C=O) groups is 1. The molecule has 2 N–H and O–H groups in total. The van der Waals surface area contributed by atoms with Gasteiger partial charge in [0.25, 0.3) is 0 Å². The highest BCUT2D eigenvalue weighted by Crippen LogP contribution is 2.26. The second kappa shape index (κ2) is 12.9. The number of halogens is 2. The molecule has 4 nitrogen and oxygen atoms in total. The SMILES string of the molecule is CC1(CNC(=O)CN(Cc2ccccc2)Cc2ccccc2)CCNCC1.Cl.Cl. The minimum atomic E-state index is 0. The first-order valence-corrected chi connectivity index (χ1v) is 9.91. The molecule has 6 heteroatoms. The predicted molar refractivity (Wildman–Crippen MR) is 125 cm³/mol. The lowest BCUT2D eigenvalue weighted by atomic mass is 9.81. The number of rotatable bonds is 8. The summed E-state index contributed by atoms with van der Waals surface area (Å²) in [5.41, 5.74) is 2.67. The molecule has 2 aromatic rings. The molecular weight excluding hydrogens is 405 g/mol. The Balaban J connectivity index is 0.00000210. The van der Waals surface area contributed by atoms with Crippen LogP contribution in [0.3, 0.4) is 0 Å². The third-order valence-electron chi connectivity index (χ3n) is 5.39. The lowest BCUT2D eigenvalue weighted by Crippen LogP contribution is -2.45. The molecule has 1 fully saturated rings. The van der Waals surface area contributed by atoms with Gasteiger partial charge in [0, 0.05) is 19.6 Å². The van der Waals surface area contributed by atoms with E-state index >= 15 is 0 Å². The summed E-state index contributed by atoms with van der Waals surface area (Å²) in [5.74, 6) is 0.113. The highest BCUT2D eigenvalue weighted by molar-refractivity contribution is 5.85. The second-order valence-corrected chi connectivity index (χ2v) is 7.95. The maximum atomic E-state index is 12.7. The van der Waals surface area contributed by atoms with Crippen LogP contribution in [0, 0.1) is 5.41 Å². The number of nitrogens with one attached hydrogen (secondary N) is 2. The minimum Gasteiger partial charge on any atom is -0.354 e. The summed E-state index contributed by atoms with van der Waals surface area (Å²) in [5, 5.41) is 6.58. The van der Waals surface area contributed by atoms with Crippen molar-refractivity contribution < 1.29 is 4.79 Å². The quantitative estimate of drug-likeness (QED) is 0.654. The molecule has 0 radical (unpaired) electrons. The van der Waals surface area contributed by atoms with Gasteiger partial charge in [0.2, 0.25) is 5.91 Å². The third kappa shape index (κ3) is 8.75. The van der Waals surface area contributed by atoms with Crippen molar-refractivity contribution in [3.05, 3.63) is 71.8 Å².